The van der Waals surface area contributed by atoms with E-state index < -0.39 is 12.1 Å². The number of rotatable bonds is 4. The van der Waals surface area contributed by atoms with Gasteiger partial charge in [0.05, 0.1) is 18.3 Å². The summed E-state index contributed by atoms with van der Waals surface area (Å²) in [5.74, 6) is 0.128. The van der Waals surface area contributed by atoms with Crippen molar-refractivity contribution in [1.29, 1.82) is 0 Å². The molecule has 25 heavy (non-hydrogen) atoms. The number of ether oxygens (including phenoxy) is 1. The molecule has 1 aliphatic heterocycles. The molecule has 0 radical (unpaired) electrons. The molecule has 1 fully saturated rings. The maximum atomic E-state index is 12.7. The van der Waals surface area contributed by atoms with Crippen molar-refractivity contribution in [2.24, 2.45) is 0 Å². The lowest BCUT2D eigenvalue weighted by atomic mass is 9.94. The molecule has 0 spiro atoms. The second-order valence-corrected chi connectivity index (χ2v) is 6.19. The minimum absolute atomic E-state index is 0.113. The molecule has 7 heteroatoms. The average molecular weight is 343 g/mol. The van der Waals surface area contributed by atoms with Gasteiger partial charge in [-0.1, -0.05) is 29.4 Å². The number of carbonyl (C=O) groups excluding carboxylic acids is 2. The largest absolute Gasteiger partial charge is 0.359 e. The van der Waals surface area contributed by atoms with Crippen molar-refractivity contribution < 1.29 is 18.8 Å². The van der Waals surface area contributed by atoms with Gasteiger partial charge in [-0.2, -0.15) is 0 Å². The Bertz CT molecular complexity index is 786. The van der Waals surface area contributed by atoms with Crippen LogP contribution in [0.15, 0.2) is 34.9 Å². The second kappa shape index (κ2) is 7.06. The maximum Gasteiger partial charge on any atom is 0.252 e. The normalized spacial score (nSPS) is 20.6. The van der Waals surface area contributed by atoms with Crippen LogP contribution < -0.4 is 5.32 Å². The van der Waals surface area contributed by atoms with Crippen LogP contribution >= 0.6 is 0 Å². The second-order valence-electron chi connectivity index (χ2n) is 6.19. The molecule has 0 saturated carbocycles. The number of benzene rings is 1. The molecule has 0 bridgehead atoms. The molecule has 2 aromatic rings. The first-order chi connectivity index (χ1) is 12.0. The van der Waals surface area contributed by atoms with Crippen molar-refractivity contribution in [3.63, 3.8) is 0 Å². The number of aryl methyl sites for hydroxylation is 2. The number of likely N-dealkylation sites (N-methyl/N-ethyl adjacent to an activating group) is 1. The van der Waals surface area contributed by atoms with Crippen LogP contribution in [0.5, 0.6) is 0 Å². The Hall–Kier alpha value is -2.67. The molecule has 2 atom stereocenters. The zero-order valence-electron chi connectivity index (χ0n) is 14.5. The Kier molecular flexibility index (Phi) is 4.85. The summed E-state index contributed by atoms with van der Waals surface area (Å²) >= 11 is 0. The van der Waals surface area contributed by atoms with Crippen LogP contribution in [-0.4, -0.2) is 41.6 Å². The lowest BCUT2D eigenvalue weighted by Gasteiger charge is -2.38. The van der Waals surface area contributed by atoms with E-state index in [0.717, 1.165) is 16.8 Å². The minimum Gasteiger partial charge on any atom is -0.359 e. The molecular weight excluding hydrogens is 322 g/mol. The van der Waals surface area contributed by atoms with Crippen LogP contribution in [0.2, 0.25) is 0 Å². The summed E-state index contributed by atoms with van der Waals surface area (Å²) in [6.07, 6.45) is -0.784. The third kappa shape index (κ3) is 3.56. The number of nitrogens with zero attached hydrogens (tertiary/aromatic N) is 2. The zero-order chi connectivity index (χ0) is 18.0. The summed E-state index contributed by atoms with van der Waals surface area (Å²) in [7, 11) is 1.70. The predicted octanol–water partition coefficient (Wildman–Crippen LogP) is 1.51. The van der Waals surface area contributed by atoms with Gasteiger partial charge in [0.1, 0.15) is 6.61 Å². The fourth-order valence-corrected chi connectivity index (χ4v) is 3.00. The SMILES string of the molecule is Cc1cc(CNC(=O)[C@H]2OCC(=O)N(C)[C@@H]2c2ccccc2C)on1. The van der Waals surface area contributed by atoms with Crippen LogP contribution in [0.3, 0.4) is 0 Å². The summed E-state index contributed by atoms with van der Waals surface area (Å²) in [5, 5.41) is 6.59. The lowest BCUT2D eigenvalue weighted by molar-refractivity contribution is -0.162. The molecule has 1 aliphatic rings. The first kappa shape index (κ1) is 17.2. The molecule has 1 N–H and O–H groups in total. The summed E-state index contributed by atoms with van der Waals surface area (Å²) < 4.78 is 10.7. The van der Waals surface area contributed by atoms with Gasteiger partial charge in [0.15, 0.2) is 11.9 Å². The number of nitrogens with one attached hydrogen (secondary N) is 1. The van der Waals surface area contributed by atoms with Crippen LogP contribution in [0.4, 0.5) is 0 Å². The fourth-order valence-electron chi connectivity index (χ4n) is 3.00. The molecular formula is C18H21N3O4. The highest BCUT2D eigenvalue weighted by molar-refractivity contribution is 5.86. The Morgan fingerprint density at radius 3 is 2.80 bits per heavy atom. The number of hydrogen-bond donors (Lipinski definition) is 1. The minimum atomic E-state index is -0.784. The Morgan fingerprint density at radius 1 is 1.36 bits per heavy atom. The molecule has 0 aliphatic carbocycles. The Morgan fingerprint density at radius 2 is 2.12 bits per heavy atom. The quantitative estimate of drug-likeness (QED) is 0.909. The molecule has 2 heterocycles. The van der Waals surface area contributed by atoms with E-state index in [1.54, 1.807) is 18.0 Å². The van der Waals surface area contributed by atoms with E-state index in [0.29, 0.717) is 5.76 Å². The van der Waals surface area contributed by atoms with Crippen molar-refractivity contribution in [2.75, 3.05) is 13.7 Å². The van der Waals surface area contributed by atoms with Crippen LogP contribution in [0, 0.1) is 13.8 Å². The molecule has 1 aromatic heterocycles. The highest BCUT2D eigenvalue weighted by atomic mass is 16.5. The Balaban J connectivity index is 1.80. The van der Waals surface area contributed by atoms with Crippen LogP contribution in [0.1, 0.15) is 28.6 Å². The Labute approximate surface area is 145 Å². The van der Waals surface area contributed by atoms with Crippen molar-refractivity contribution in [3.05, 3.63) is 52.9 Å². The molecule has 1 saturated heterocycles. The van der Waals surface area contributed by atoms with E-state index in [2.05, 4.69) is 10.5 Å². The van der Waals surface area contributed by atoms with Gasteiger partial charge in [-0.05, 0) is 25.0 Å². The van der Waals surface area contributed by atoms with E-state index in [1.807, 2.05) is 38.1 Å². The first-order valence-electron chi connectivity index (χ1n) is 8.10. The van der Waals surface area contributed by atoms with Gasteiger partial charge in [0.2, 0.25) is 5.91 Å². The van der Waals surface area contributed by atoms with E-state index in [1.165, 1.54) is 0 Å². The van der Waals surface area contributed by atoms with Crippen LogP contribution in [-0.2, 0) is 20.9 Å². The molecule has 2 amide bonds. The molecule has 3 rings (SSSR count). The highest BCUT2D eigenvalue weighted by Crippen LogP contribution is 2.31. The summed E-state index contributed by atoms with van der Waals surface area (Å²) in [6, 6.07) is 8.97. The van der Waals surface area contributed by atoms with Gasteiger partial charge >= 0.3 is 0 Å². The molecule has 0 unspecified atom stereocenters. The third-order valence-corrected chi connectivity index (χ3v) is 4.36. The maximum absolute atomic E-state index is 12.7. The van der Waals surface area contributed by atoms with Gasteiger partial charge in [-0.3, -0.25) is 9.59 Å². The van der Waals surface area contributed by atoms with E-state index >= 15 is 0 Å². The summed E-state index contributed by atoms with van der Waals surface area (Å²) in [5.41, 5.74) is 2.65. The van der Waals surface area contributed by atoms with E-state index in [9.17, 15) is 9.59 Å². The topological polar surface area (TPSA) is 84.7 Å². The van der Waals surface area contributed by atoms with Gasteiger partial charge in [0, 0.05) is 13.1 Å². The van der Waals surface area contributed by atoms with Crippen molar-refractivity contribution in [1.82, 2.24) is 15.4 Å². The number of carbonyl (C=O) groups is 2. The van der Waals surface area contributed by atoms with Crippen molar-refractivity contribution in [2.45, 2.75) is 32.5 Å². The van der Waals surface area contributed by atoms with Gasteiger partial charge < -0.3 is 19.5 Å². The summed E-state index contributed by atoms with van der Waals surface area (Å²) in [6.45, 7) is 3.87. The number of hydrogen-bond acceptors (Lipinski definition) is 5. The number of aromatic nitrogens is 1. The van der Waals surface area contributed by atoms with E-state index in [-0.39, 0.29) is 25.0 Å². The molecule has 132 valence electrons. The first-order valence-corrected chi connectivity index (χ1v) is 8.10. The standard InChI is InChI=1S/C18H21N3O4/c1-11-6-4-5-7-14(11)16-17(24-10-15(22)21(16)3)18(23)19-9-13-8-12(2)20-25-13/h4-8,16-17H,9-10H2,1-3H3,(H,19,23)/t16-,17+/m1/s1. The predicted molar refractivity (Wildman–Crippen MR) is 89.5 cm³/mol. The fraction of sp³-hybridized carbons (Fsp3) is 0.389. The highest BCUT2D eigenvalue weighted by Gasteiger charge is 2.40. The number of morpholine rings is 1. The monoisotopic (exact) mass is 343 g/mol. The smallest absolute Gasteiger partial charge is 0.252 e. The summed E-state index contributed by atoms with van der Waals surface area (Å²) in [4.78, 5) is 26.4. The third-order valence-electron chi connectivity index (χ3n) is 4.36. The van der Waals surface area contributed by atoms with E-state index in [4.69, 9.17) is 9.26 Å². The van der Waals surface area contributed by atoms with Gasteiger partial charge in [-0.15, -0.1) is 0 Å². The average Bonchev–Trinajstić information content (AvgIpc) is 3.01. The molecule has 7 nitrogen and oxygen atoms in total. The van der Waals surface area contributed by atoms with Crippen LogP contribution in [0.25, 0.3) is 0 Å². The molecule has 1 aromatic carbocycles. The zero-order valence-corrected chi connectivity index (χ0v) is 14.5. The lowest BCUT2D eigenvalue weighted by Crippen LogP contribution is -2.53. The van der Waals surface area contributed by atoms with Crippen molar-refractivity contribution in [3.8, 4) is 0 Å². The van der Waals surface area contributed by atoms with Crippen molar-refractivity contribution >= 4 is 11.8 Å². The van der Waals surface area contributed by atoms with Gasteiger partial charge in [-0.25, -0.2) is 0 Å². The van der Waals surface area contributed by atoms with Gasteiger partial charge in [0.25, 0.3) is 5.91 Å². The number of amides is 2.